The number of ether oxygens (including phenoxy) is 1. The third-order valence-corrected chi connectivity index (χ3v) is 5.01. The monoisotopic (exact) mass is 433 g/mol. The second-order valence-electron chi connectivity index (χ2n) is 6.81. The van der Waals surface area contributed by atoms with Gasteiger partial charge in [-0.15, -0.1) is 0 Å². The number of benzene rings is 2. The molecule has 1 heterocycles. The largest absolute Gasteiger partial charge is 0.465 e. The Hall–Kier alpha value is -2.97. The fraction of sp³-hybridized carbons (Fsp3) is 0.286. The van der Waals surface area contributed by atoms with Crippen LogP contribution in [0.4, 0.5) is 10.1 Å². The molecule has 0 aliphatic carbocycles. The predicted octanol–water partition coefficient (Wildman–Crippen LogP) is 2.66. The Balaban J connectivity index is 1.49. The molecule has 0 atom stereocenters. The molecule has 2 aromatic carbocycles. The normalized spacial score (nSPS) is 14.3. The van der Waals surface area contributed by atoms with Crippen molar-refractivity contribution in [2.24, 2.45) is 0 Å². The van der Waals surface area contributed by atoms with E-state index in [2.05, 4.69) is 10.1 Å². The van der Waals surface area contributed by atoms with Gasteiger partial charge < -0.3 is 15.0 Å². The molecule has 9 heteroatoms. The summed E-state index contributed by atoms with van der Waals surface area (Å²) in [5.41, 5.74) is 0.912. The molecule has 1 N–H and O–H groups in total. The third kappa shape index (κ3) is 5.34. The number of amides is 2. The van der Waals surface area contributed by atoms with Crippen LogP contribution in [0.2, 0.25) is 5.02 Å². The van der Waals surface area contributed by atoms with E-state index in [9.17, 15) is 18.8 Å². The number of nitrogens with one attached hydrogen (secondary N) is 1. The zero-order valence-corrected chi connectivity index (χ0v) is 17.1. The molecule has 1 aliphatic heterocycles. The second kappa shape index (κ2) is 9.69. The van der Waals surface area contributed by atoms with Crippen molar-refractivity contribution >= 4 is 35.1 Å². The average Bonchev–Trinajstić information content (AvgIpc) is 2.75. The van der Waals surface area contributed by atoms with E-state index >= 15 is 0 Å². The number of rotatable bonds is 5. The summed E-state index contributed by atoms with van der Waals surface area (Å²) < 4.78 is 18.6. The molecule has 0 radical (unpaired) electrons. The van der Waals surface area contributed by atoms with Crippen LogP contribution >= 0.6 is 11.6 Å². The Morgan fingerprint density at radius 3 is 2.37 bits per heavy atom. The van der Waals surface area contributed by atoms with Crippen LogP contribution in [0, 0.1) is 5.82 Å². The lowest BCUT2D eigenvalue weighted by atomic mass is 10.1. The third-order valence-electron chi connectivity index (χ3n) is 4.78. The lowest BCUT2D eigenvalue weighted by Gasteiger charge is -2.34. The number of piperazine rings is 1. The van der Waals surface area contributed by atoms with Crippen molar-refractivity contribution in [2.45, 2.75) is 0 Å². The summed E-state index contributed by atoms with van der Waals surface area (Å²) in [5.74, 6) is -1.67. The lowest BCUT2D eigenvalue weighted by molar-refractivity contribution is -0.117. The van der Waals surface area contributed by atoms with E-state index in [1.807, 2.05) is 4.90 Å². The van der Waals surface area contributed by atoms with Gasteiger partial charge >= 0.3 is 5.97 Å². The van der Waals surface area contributed by atoms with Crippen LogP contribution in [0.5, 0.6) is 0 Å². The van der Waals surface area contributed by atoms with Crippen molar-refractivity contribution in [3.63, 3.8) is 0 Å². The fourth-order valence-electron chi connectivity index (χ4n) is 3.15. The van der Waals surface area contributed by atoms with Crippen molar-refractivity contribution in [1.29, 1.82) is 0 Å². The summed E-state index contributed by atoms with van der Waals surface area (Å²) >= 11 is 5.87. The maximum Gasteiger partial charge on any atom is 0.337 e. The molecule has 3 rings (SSSR count). The average molecular weight is 434 g/mol. The first-order chi connectivity index (χ1) is 14.4. The zero-order valence-electron chi connectivity index (χ0n) is 16.4. The summed E-state index contributed by atoms with van der Waals surface area (Å²) in [6.45, 7) is 1.90. The first-order valence-corrected chi connectivity index (χ1v) is 9.70. The van der Waals surface area contributed by atoms with Crippen LogP contribution in [0.1, 0.15) is 20.7 Å². The predicted molar refractivity (Wildman–Crippen MR) is 110 cm³/mol. The molecule has 1 saturated heterocycles. The summed E-state index contributed by atoms with van der Waals surface area (Å²) in [6, 6.07) is 10.3. The van der Waals surface area contributed by atoms with Crippen LogP contribution in [0.25, 0.3) is 0 Å². The van der Waals surface area contributed by atoms with Gasteiger partial charge in [0.25, 0.3) is 5.91 Å². The molecule has 2 aromatic rings. The van der Waals surface area contributed by atoms with Gasteiger partial charge in [-0.3, -0.25) is 14.5 Å². The van der Waals surface area contributed by atoms with Crippen LogP contribution in [0.15, 0.2) is 42.5 Å². The number of carbonyl (C=O) groups is 3. The first-order valence-electron chi connectivity index (χ1n) is 9.32. The van der Waals surface area contributed by atoms with Crippen LogP contribution in [0.3, 0.4) is 0 Å². The van der Waals surface area contributed by atoms with Crippen molar-refractivity contribution in [3.05, 3.63) is 64.4 Å². The van der Waals surface area contributed by atoms with Crippen molar-refractivity contribution in [2.75, 3.05) is 45.2 Å². The van der Waals surface area contributed by atoms with E-state index in [0.717, 1.165) is 0 Å². The zero-order chi connectivity index (χ0) is 21.7. The molecule has 30 heavy (non-hydrogen) atoms. The summed E-state index contributed by atoms with van der Waals surface area (Å²) in [6.07, 6.45) is 0. The lowest BCUT2D eigenvalue weighted by Crippen LogP contribution is -2.50. The first kappa shape index (κ1) is 21.7. The molecule has 0 aromatic heterocycles. The van der Waals surface area contributed by atoms with Gasteiger partial charge in [0, 0.05) is 36.9 Å². The number of anilines is 1. The Bertz CT molecular complexity index is 944. The maximum atomic E-state index is 13.9. The van der Waals surface area contributed by atoms with E-state index in [-0.39, 0.29) is 18.0 Å². The minimum atomic E-state index is -0.607. The standard InChI is InChI=1S/C21H21ClFN3O4/c1-30-21(29)14-2-5-16(6-3-14)24-19(27)13-25-8-10-26(11-9-25)20(28)17-12-15(22)4-7-18(17)23/h2-7,12H,8-11,13H2,1H3,(H,24,27). The highest BCUT2D eigenvalue weighted by Gasteiger charge is 2.25. The molecular weight excluding hydrogens is 413 g/mol. The van der Waals surface area contributed by atoms with Gasteiger partial charge in [0.1, 0.15) is 5.82 Å². The van der Waals surface area contributed by atoms with Gasteiger partial charge in [0.05, 0.1) is 24.8 Å². The quantitative estimate of drug-likeness (QED) is 0.733. The summed E-state index contributed by atoms with van der Waals surface area (Å²) in [5, 5.41) is 3.07. The van der Waals surface area contributed by atoms with E-state index in [4.69, 9.17) is 11.6 Å². The Labute approximate surface area is 178 Å². The number of halogens is 2. The highest BCUT2D eigenvalue weighted by atomic mass is 35.5. The Morgan fingerprint density at radius 1 is 1.07 bits per heavy atom. The number of esters is 1. The summed E-state index contributed by atoms with van der Waals surface area (Å²) in [4.78, 5) is 39.7. The van der Waals surface area contributed by atoms with Gasteiger partial charge in [0.2, 0.25) is 5.91 Å². The minimum absolute atomic E-state index is 0.0518. The molecule has 1 aliphatic rings. The molecule has 0 spiro atoms. The highest BCUT2D eigenvalue weighted by Crippen LogP contribution is 2.18. The molecule has 7 nitrogen and oxygen atoms in total. The Kier molecular flexibility index (Phi) is 7.02. The Morgan fingerprint density at radius 2 is 1.73 bits per heavy atom. The van der Waals surface area contributed by atoms with Crippen molar-refractivity contribution < 1.29 is 23.5 Å². The maximum absolute atomic E-state index is 13.9. The SMILES string of the molecule is COC(=O)c1ccc(NC(=O)CN2CCN(C(=O)c3cc(Cl)ccc3F)CC2)cc1. The number of carbonyl (C=O) groups excluding carboxylic acids is 3. The van der Waals surface area contributed by atoms with E-state index in [1.165, 1.54) is 25.3 Å². The van der Waals surface area contributed by atoms with E-state index < -0.39 is 17.7 Å². The summed E-state index contributed by atoms with van der Waals surface area (Å²) in [7, 11) is 1.30. The fourth-order valence-corrected chi connectivity index (χ4v) is 3.32. The smallest absolute Gasteiger partial charge is 0.337 e. The van der Waals surface area contributed by atoms with Crippen molar-refractivity contribution in [1.82, 2.24) is 9.80 Å². The van der Waals surface area contributed by atoms with Crippen LogP contribution in [-0.4, -0.2) is 67.4 Å². The number of nitrogens with zero attached hydrogens (tertiary/aromatic N) is 2. The number of methoxy groups -OCH3 is 1. The van der Waals surface area contributed by atoms with Gasteiger partial charge in [-0.05, 0) is 42.5 Å². The van der Waals surface area contributed by atoms with Gasteiger partial charge in [0.15, 0.2) is 0 Å². The van der Waals surface area contributed by atoms with E-state index in [0.29, 0.717) is 42.5 Å². The van der Waals surface area contributed by atoms with Crippen LogP contribution in [-0.2, 0) is 9.53 Å². The van der Waals surface area contributed by atoms with E-state index in [1.54, 1.807) is 29.2 Å². The van der Waals surface area contributed by atoms with Gasteiger partial charge in [-0.25, -0.2) is 9.18 Å². The minimum Gasteiger partial charge on any atom is -0.465 e. The molecule has 0 bridgehead atoms. The highest BCUT2D eigenvalue weighted by molar-refractivity contribution is 6.31. The molecular formula is C21H21ClFN3O4. The van der Waals surface area contributed by atoms with Gasteiger partial charge in [-0.1, -0.05) is 11.6 Å². The molecule has 0 unspecified atom stereocenters. The van der Waals surface area contributed by atoms with Gasteiger partial charge in [-0.2, -0.15) is 0 Å². The number of hydrogen-bond acceptors (Lipinski definition) is 5. The van der Waals surface area contributed by atoms with Crippen molar-refractivity contribution in [3.8, 4) is 0 Å². The molecule has 2 amide bonds. The molecule has 0 saturated carbocycles. The van der Waals surface area contributed by atoms with Crippen LogP contribution < -0.4 is 5.32 Å². The topological polar surface area (TPSA) is 79.0 Å². The second-order valence-corrected chi connectivity index (χ2v) is 7.25. The molecule has 1 fully saturated rings. The molecule has 158 valence electrons. The number of hydrogen-bond donors (Lipinski definition) is 1.